The number of aromatic hydroxyl groups is 1. The summed E-state index contributed by atoms with van der Waals surface area (Å²) in [6.07, 6.45) is 0.00502. The van der Waals surface area contributed by atoms with Gasteiger partial charge in [-0.1, -0.05) is 12.1 Å². The molecule has 0 saturated carbocycles. The molecule has 1 atom stereocenters. The highest BCUT2D eigenvalue weighted by Gasteiger charge is 2.35. The summed E-state index contributed by atoms with van der Waals surface area (Å²) in [5.74, 6) is -1.43. The van der Waals surface area contributed by atoms with Crippen molar-refractivity contribution >= 4 is 5.78 Å². The van der Waals surface area contributed by atoms with Gasteiger partial charge in [-0.25, -0.2) is 4.79 Å². The fraction of sp³-hybridized carbons (Fsp3) is 0.250. The molecular formula is C16H14O6. The first kappa shape index (κ1) is 14.3. The summed E-state index contributed by atoms with van der Waals surface area (Å²) in [5, 5.41) is 19.4. The van der Waals surface area contributed by atoms with Crippen LogP contribution in [0.3, 0.4) is 0 Å². The Morgan fingerprint density at radius 1 is 1.27 bits per heavy atom. The molecule has 1 aliphatic rings. The molecule has 114 valence electrons. The Bertz CT molecular complexity index is 803. The molecule has 0 radical (unpaired) electrons. The van der Waals surface area contributed by atoms with E-state index in [0.717, 1.165) is 6.07 Å². The second-order valence-corrected chi connectivity index (χ2v) is 5.45. The quantitative estimate of drug-likeness (QED) is 0.874. The molecule has 0 saturated heterocycles. The minimum Gasteiger partial charge on any atom is -0.508 e. The van der Waals surface area contributed by atoms with E-state index >= 15 is 0 Å². The van der Waals surface area contributed by atoms with Crippen LogP contribution in [0.5, 0.6) is 11.5 Å². The molecule has 3 rings (SSSR count). The lowest BCUT2D eigenvalue weighted by atomic mass is 9.93. The Labute approximate surface area is 125 Å². The van der Waals surface area contributed by atoms with Gasteiger partial charge in [-0.15, -0.1) is 0 Å². The molecule has 0 fully saturated rings. The van der Waals surface area contributed by atoms with Crippen LogP contribution in [0.25, 0.3) is 0 Å². The maximum Gasteiger partial charge on any atom is 0.339 e. The van der Waals surface area contributed by atoms with Gasteiger partial charge in [0.15, 0.2) is 5.78 Å². The number of Topliss-reactive ketones (excluding diaryl/α,β-unsaturated/α-hetero) is 1. The van der Waals surface area contributed by atoms with Crippen LogP contribution < -0.4 is 10.4 Å². The predicted octanol–water partition coefficient (Wildman–Crippen LogP) is 1.61. The summed E-state index contributed by atoms with van der Waals surface area (Å²) in [7, 11) is 0. The summed E-state index contributed by atoms with van der Waals surface area (Å²) in [5.41, 5.74) is 0.303. The third-order valence-corrected chi connectivity index (χ3v) is 3.38. The molecule has 6 nitrogen and oxygen atoms in total. The number of ether oxygens (including phenoxy) is 1. The van der Waals surface area contributed by atoms with Crippen molar-refractivity contribution in [2.75, 3.05) is 0 Å². The van der Waals surface area contributed by atoms with Crippen LogP contribution in [0.4, 0.5) is 0 Å². The molecule has 0 spiro atoms. The van der Waals surface area contributed by atoms with E-state index in [0.29, 0.717) is 16.9 Å². The van der Waals surface area contributed by atoms with Crippen LogP contribution in [0.15, 0.2) is 39.5 Å². The zero-order chi connectivity index (χ0) is 15.9. The van der Waals surface area contributed by atoms with Crippen molar-refractivity contribution in [1.82, 2.24) is 0 Å². The van der Waals surface area contributed by atoms with Gasteiger partial charge < -0.3 is 19.4 Å². The third-order valence-electron chi connectivity index (χ3n) is 3.38. The number of benzene rings is 1. The number of carbonyl (C=O) groups excluding carboxylic acids is 1. The van der Waals surface area contributed by atoms with Gasteiger partial charge in [0.2, 0.25) is 5.79 Å². The average molecular weight is 302 g/mol. The molecule has 0 bridgehead atoms. The van der Waals surface area contributed by atoms with E-state index in [-0.39, 0.29) is 30.1 Å². The van der Waals surface area contributed by atoms with Gasteiger partial charge in [0.1, 0.15) is 17.3 Å². The summed E-state index contributed by atoms with van der Waals surface area (Å²) < 4.78 is 10.4. The molecule has 2 aromatic rings. The van der Waals surface area contributed by atoms with Crippen molar-refractivity contribution in [3.8, 4) is 11.5 Å². The predicted molar refractivity (Wildman–Crippen MR) is 76.1 cm³/mol. The molecule has 1 aromatic carbocycles. The van der Waals surface area contributed by atoms with E-state index in [1.54, 1.807) is 18.2 Å². The van der Waals surface area contributed by atoms with Crippen molar-refractivity contribution in [3.05, 3.63) is 57.6 Å². The molecular weight excluding hydrogens is 288 g/mol. The molecule has 1 unspecified atom stereocenters. The highest BCUT2D eigenvalue weighted by molar-refractivity contribution is 6.01. The lowest BCUT2D eigenvalue weighted by Crippen LogP contribution is -2.39. The zero-order valence-corrected chi connectivity index (χ0v) is 11.8. The maximum atomic E-state index is 12.3. The van der Waals surface area contributed by atoms with E-state index in [9.17, 15) is 19.8 Å². The Hall–Kier alpha value is -2.60. The van der Waals surface area contributed by atoms with E-state index in [1.165, 1.54) is 13.0 Å². The Morgan fingerprint density at radius 2 is 2.05 bits per heavy atom. The molecule has 0 aliphatic carbocycles. The maximum absolute atomic E-state index is 12.3. The first-order chi connectivity index (χ1) is 10.3. The van der Waals surface area contributed by atoms with Crippen molar-refractivity contribution in [1.29, 1.82) is 0 Å². The van der Waals surface area contributed by atoms with Gasteiger partial charge in [-0.3, -0.25) is 4.79 Å². The number of fused-ring (bicyclic) bond motifs is 1. The van der Waals surface area contributed by atoms with Gasteiger partial charge >= 0.3 is 5.63 Å². The molecule has 1 aromatic heterocycles. The lowest BCUT2D eigenvalue weighted by molar-refractivity contribution is -0.123. The van der Waals surface area contributed by atoms with Crippen LogP contribution in [0.1, 0.15) is 35.0 Å². The van der Waals surface area contributed by atoms with E-state index in [1.807, 2.05) is 0 Å². The fourth-order valence-corrected chi connectivity index (χ4v) is 2.58. The summed E-state index contributed by atoms with van der Waals surface area (Å²) in [4.78, 5) is 23.6. The monoisotopic (exact) mass is 302 g/mol. The fourth-order valence-electron chi connectivity index (χ4n) is 2.58. The zero-order valence-electron chi connectivity index (χ0n) is 11.8. The van der Waals surface area contributed by atoms with Crippen LogP contribution in [-0.2, 0) is 6.42 Å². The van der Waals surface area contributed by atoms with E-state index in [2.05, 4.69) is 0 Å². The minimum atomic E-state index is -1.53. The van der Waals surface area contributed by atoms with E-state index in [4.69, 9.17) is 9.15 Å². The molecule has 22 heavy (non-hydrogen) atoms. The number of aliphatic hydroxyl groups is 1. The van der Waals surface area contributed by atoms with Crippen molar-refractivity contribution < 1.29 is 24.2 Å². The smallest absolute Gasteiger partial charge is 0.339 e. The summed E-state index contributed by atoms with van der Waals surface area (Å²) in [6.45, 7) is 1.43. The first-order valence-electron chi connectivity index (χ1n) is 6.73. The van der Waals surface area contributed by atoms with Crippen molar-refractivity contribution in [2.24, 2.45) is 0 Å². The largest absolute Gasteiger partial charge is 0.508 e. The topological polar surface area (TPSA) is 97.0 Å². The molecule has 0 amide bonds. The minimum absolute atomic E-state index is 0.152. The second-order valence-electron chi connectivity index (χ2n) is 5.45. The Kier molecular flexibility index (Phi) is 3.26. The number of rotatable bonds is 2. The van der Waals surface area contributed by atoms with Crippen LogP contribution >= 0.6 is 0 Å². The van der Waals surface area contributed by atoms with Crippen LogP contribution in [-0.4, -0.2) is 21.8 Å². The van der Waals surface area contributed by atoms with Gasteiger partial charge in [0, 0.05) is 19.4 Å². The number of hydrogen-bond acceptors (Lipinski definition) is 6. The van der Waals surface area contributed by atoms with Gasteiger partial charge in [0.05, 0.1) is 18.1 Å². The number of ketones is 1. The second kappa shape index (κ2) is 4.99. The number of carbonyl (C=O) groups is 1. The van der Waals surface area contributed by atoms with Crippen LogP contribution in [0.2, 0.25) is 0 Å². The van der Waals surface area contributed by atoms with Gasteiger partial charge in [0.25, 0.3) is 0 Å². The summed E-state index contributed by atoms with van der Waals surface area (Å²) >= 11 is 0. The normalized spacial score (nSPS) is 20.4. The lowest BCUT2D eigenvalue weighted by Gasteiger charge is -2.30. The van der Waals surface area contributed by atoms with E-state index < -0.39 is 11.4 Å². The molecule has 1 aliphatic heterocycles. The summed E-state index contributed by atoms with van der Waals surface area (Å²) in [6, 6.07) is 7.29. The van der Waals surface area contributed by atoms with Crippen LogP contribution in [0, 0.1) is 0 Å². The average Bonchev–Trinajstić information content (AvgIpc) is 2.35. The highest BCUT2D eigenvalue weighted by Crippen LogP contribution is 2.34. The Balaban J connectivity index is 2.03. The molecule has 2 N–H and O–H groups in total. The Morgan fingerprint density at radius 3 is 2.77 bits per heavy atom. The first-order valence-corrected chi connectivity index (χ1v) is 6.73. The third kappa shape index (κ3) is 2.73. The van der Waals surface area contributed by atoms with Crippen molar-refractivity contribution in [2.45, 2.75) is 25.6 Å². The molecule has 6 heteroatoms. The molecule has 2 heterocycles. The standard InChI is InChI=1S/C16H14O6/c1-16(20)8-12(18)15-9(3-2-4-13(15)22-16)5-11-6-10(17)7-14(19)21-11/h2-4,6-7,17,20H,5,8H2,1H3. The number of hydrogen-bond donors (Lipinski definition) is 2. The van der Waals surface area contributed by atoms with Gasteiger partial charge in [-0.2, -0.15) is 0 Å². The van der Waals surface area contributed by atoms with Gasteiger partial charge in [-0.05, 0) is 11.6 Å². The highest BCUT2D eigenvalue weighted by atomic mass is 16.6. The SMILES string of the molecule is CC1(O)CC(=O)c2c(Cc3cc(O)cc(=O)o3)cccc2O1. The van der Waals surface area contributed by atoms with Crippen molar-refractivity contribution in [3.63, 3.8) is 0 Å².